The molecule has 0 bridgehead atoms. The zero-order valence-corrected chi connectivity index (χ0v) is 12.5. The van der Waals surface area contributed by atoms with E-state index in [-0.39, 0.29) is 0 Å². The van der Waals surface area contributed by atoms with Gasteiger partial charge >= 0.3 is 0 Å². The van der Waals surface area contributed by atoms with Gasteiger partial charge in [0, 0.05) is 25.8 Å². The SMILES string of the molecule is Cc1nc2ccccc2nc1CN1CCc2cncnc2C1. The largest absolute Gasteiger partial charge is 0.291 e. The molecule has 1 aromatic carbocycles. The predicted molar refractivity (Wildman–Crippen MR) is 84.1 cm³/mol. The lowest BCUT2D eigenvalue weighted by Gasteiger charge is -2.27. The molecule has 3 aromatic rings. The van der Waals surface area contributed by atoms with E-state index in [1.165, 1.54) is 5.56 Å². The van der Waals surface area contributed by atoms with Gasteiger partial charge in [0.1, 0.15) is 6.33 Å². The summed E-state index contributed by atoms with van der Waals surface area (Å²) in [5, 5.41) is 0. The van der Waals surface area contributed by atoms with Gasteiger partial charge in [-0.25, -0.2) is 19.9 Å². The van der Waals surface area contributed by atoms with E-state index in [0.29, 0.717) is 0 Å². The Morgan fingerprint density at radius 3 is 2.82 bits per heavy atom. The van der Waals surface area contributed by atoms with Crippen LogP contribution in [0.1, 0.15) is 22.6 Å². The Hall–Kier alpha value is -2.40. The van der Waals surface area contributed by atoms with Crippen molar-refractivity contribution in [2.75, 3.05) is 6.54 Å². The van der Waals surface area contributed by atoms with Crippen molar-refractivity contribution >= 4 is 11.0 Å². The van der Waals surface area contributed by atoms with E-state index >= 15 is 0 Å². The zero-order chi connectivity index (χ0) is 14.9. The Morgan fingerprint density at radius 1 is 1.14 bits per heavy atom. The van der Waals surface area contributed by atoms with Crippen LogP contribution in [0.5, 0.6) is 0 Å². The van der Waals surface area contributed by atoms with Gasteiger partial charge in [0.25, 0.3) is 0 Å². The minimum absolute atomic E-state index is 0.813. The van der Waals surface area contributed by atoms with E-state index in [2.05, 4.69) is 19.9 Å². The van der Waals surface area contributed by atoms with Gasteiger partial charge in [-0.05, 0) is 31.0 Å². The highest BCUT2D eigenvalue weighted by atomic mass is 15.1. The molecular weight excluding hydrogens is 274 g/mol. The lowest BCUT2D eigenvalue weighted by molar-refractivity contribution is 0.237. The van der Waals surface area contributed by atoms with Gasteiger partial charge in [-0.15, -0.1) is 0 Å². The molecule has 0 N–H and O–H groups in total. The minimum Gasteiger partial charge on any atom is -0.291 e. The number of nitrogens with zero attached hydrogens (tertiary/aromatic N) is 5. The molecule has 5 nitrogen and oxygen atoms in total. The van der Waals surface area contributed by atoms with Gasteiger partial charge < -0.3 is 0 Å². The molecule has 0 amide bonds. The maximum atomic E-state index is 4.79. The van der Waals surface area contributed by atoms with Crippen LogP contribution in [-0.2, 0) is 19.5 Å². The summed E-state index contributed by atoms with van der Waals surface area (Å²) in [4.78, 5) is 20.3. The molecule has 3 heterocycles. The fraction of sp³-hybridized carbons (Fsp3) is 0.294. The van der Waals surface area contributed by atoms with Gasteiger partial charge in [0.15, 0.2) is 0 Å². The molecule has 0 radical (unpaired) electrons. The zero-order valence-electron chi connectivity index (χ0n) is 12.5. The fourth-order valence-corrected chi connectivity index (χ4v) is 2.93. The molecule has 0 fully saturated rings. The van der Waals surface area contributed by atoms with E-state index in [1.54, 1.807) is 6.33 Å². The average Bonchev–Trinajstić information content (AvgIpc) is 2.55. The number of fused-ring (bicyclic) bond motifs is 2. The van der Waals surface area contributed by atoms with Crippen molar-refractivity contribution in [3.05, 3.63) is 59.4 Å². The second kappa shape index (κ2) is 5.42. The summed E-state index contributed by atoms with van der Waals surface area (Å²) < 4.78 is 0. The molecule has 0 saturated carbocycles. The quantitative estimate of drug-likeness (QED) is 0.725. The van der Waals surface area contributed by atoms with Crippen molar-refractivity contribution in [3.8, 4) is 0 Å². The Balaban J connectivity index is 1.60. The highest BCUT2D eigenvalue weighted by molar-refractivity contribution is 5.74. The van der Waals surface area contributed by atoms with E-state index < -0.39 is 0 Å². The van der Waals surface area contributed by atoms with Crippen LogP contribution < -0.4 is 0 Å². The summed E-state index contributed by atoms with van der Waals surface area (Å²) in [5.41, 5.74) is 6.37. The molecule has 2 aromatic heterocycles. The standard InChI is InChI=1S/C17H17N5/c1-12-16(21-15-5-3-2-4-14(15)20-12)9-22-7-6-13-8-18-11-19-17(13)10-22/h2-5,8,11H,6-7,9-10H2,1H3. The third-order valence-corrected chi connectivity index (χ3v) is 4.17. The van der Waals surface area contributed by atoms with E-state index in [9.17, 15) is 0 Å². The lowest BCUT2D eigenvalue weighted by atomic mass is 10.1. The Bertz CT molecular complexity index is 830. The fourth-order valence-electron chi connectivity index (χ4n) is 2.93. The van der Waals surface area contributed by atoms with Crippen LogP contribution in [0.25, 0.3) is 11.0 Å². The molecule has 0 spiro atoms. The van der Waals surface area contributed by atoms with E-state index in [4.69, 9.17) is 4.98 Å². The van der Waals surface area contributed by atoms with Crippen LogP contribution in [-0.4, -0.2) is 31.4 Å². The molecular formula is C17H17N5. The molecule has 5 heteroatoms. The smallest absolute Gasteiger partial charge is 0.115 e. The number of hydrogen-bond donors (Lipinski definition) is 0. The van der Waals surface area contributed by atoms with Gasteiger partial charge in [0.05, 0.1) is 28.1 Å². The molecule has 0 saturated heterocycles. The van der Waals surface area contributed by atoms with E-state index in [0.717, 1.165) is 54.2 Å². The summed E-state index contributed by atoms with van der Waals surface area (Å²) in [5.74, 6) is 0. The number of aryl methyl sites for hydroxylation is 1. The molecule has 0 aliphatic carbocycles. The number of hydrogen-bond acceptors (Lipinski definition) is 5. The minimum atomic E-state index is 0.813. The van der Waals surface area contributed by atoms with Gasteiger partial charge in [0.2, 0.25) is 0 Å². The highest BCUT2D eigenvalue weighted by Crippen LogP contribution is 2.19. The molecule has 1 aliphatic heterocycles. The molecule has 110 valence electrons. The van der Waals surface area contributed by atoms with Crippen LogP contribution in [0, 0.1) is 6.92 Å². The summed E-state index contributed by atoms with van der Waals surface area (Å²) in [6, 6.07) is 8.03. The summed E-state index contributed by atoms with van der Waals surface area (Å²) in [6.07, 6.45) is 4.56. The molecule has 0 atom stereocenters. The first-order chi connectivity index (χ1) is 10.8. The number of rotatable bonds is 2. The Kier molecular flexibility index (Phi) is 3.27. The second-order valence-electron chi connectivity index (χ2n) is 5.70. The first kappa shape index (κ1) is 13.3. The highest BCUT2D eigenvalue weighted by Gasteiger charge is 2.19. The summed E-state index contributed by atoms with van der Waals surface area (Å²) in [7, 11) is 0. The second-order valence-corrected chi connectivity index (χ2v) is 5.70. The van der Waals surface area contributed by atoms with Crippen molar-refractivity contribution in [2.45, 2.75) is 26.4 Å². The summed E-state index contributed by atoms with van der Waals surface area (Å²) in [6.45, 7) is 4.71. The van der Waals surface area contributed by atoms with Crippen LogP contribution in [0.2, 0.25) is 0 Å². The first-order valence-corrected chi connectivity index (χ1v) is 7.52. The van der Waals surface area contributed by atoms with Crippen LogP contribution in [0.15, 0.2) is 36.8 Å². The van der Waals surface area contributed by atoms with Crippen molar-refractivity contribution in [1.82, 2.24) is 24.8 Å². The predicted octanol–water partition coefficient (Wildman–Crippen LogP) is 2.29. The molecule has 22 heavy (non-hydrogen) atoms. The normalized spacial score (nSPS) is 15.0. The maximum Gasteiger partial charge on any atom is 0.115 e. The van der Waals surface area contributed by atoms with Crippen LogP contribution in [0.4, 0.5) is 0 Å². The van der Waals surface area contributed by atoms with Crippen molar-refractivity contribution < 1.29 is 0 Å². The topological polar surface area (TPSA) is 54.8 Å². The van der Waals surface area contributed by atoms with Gasteiger partial charge in [-0.3, -0.25) is 4.90 Å². The van der Waals surface area contributed by atoms with Crippen LogP contribution in [0.3, 0.4) is 0 Å². The number of para-hydroxylation sites is 2. The third kappa shape index (κ3) is 2.44. The monoisotopic (exact) mass is 291 g/mol. The van der Waals surface area contributed by atoms with Crippen molar-refractivity contribution in [2.24, 2.45) is 0 Å². The molecule has 0 unspecified atom stereocenters. The Morgan fingerprint density at radius 2 is 1.95 bits per heavy atom. The third-order valence-electron chi connectivity index (χ3n) is 4.17. The Labute approximate surface area is 129 Å². The van der Waals surface area contributed by atoms with Gasteiger partial charge in [-0.1, -0.05) is 12.1 Å². The number of aromatic nitrogens is 4. The number of benzene rings is 1. The maximum absolute atomic E-state index is 4.79. The average molecular weight is 291 g/mol. The lowest BCUT2D eigenvalue weighted by Crippen LogP contribution is -2.31. The van der Waals surface area contributed by atoms with Crippen molar-refractivity contribution in [3.63, 3.8) is 0 Å². The van der Waals surface area contributed by atoms with E-state index in [1.807, 2.05) is 37.4 Å². The summed E-state index contributed by atoms with van der Waals surface area (Å²) >= 11 is 0. The van der Waals surface area contributed by atoms with Gasteiger partial charge in [-0.2, -0.15) is 0 Å². The first-order valence-electron chi connectivity index (χ1n) is 7.52. The molecule has 1 aliphatic rings. The van der Waals surface area contributed by atoms with Crippen molar-refractivity contribution in [1.29, 1.82) is 0 Å². The molecule has 4 rings (SSSR count). The van der Waals surface area contributed by atoms with Crippen LogP contribution >= 0.6 is 0 Å².